The minimum absolute atomic E-state index is 0.0459. The molecule has 1 aromatic carbocycles. The number of anilines is 2. The maximum absolute atomic E-state index is 12.1. The number of hydrogen-bond donors (Lipinski definition) is 0. The molecule has 2 aliphatic heterocycles. The van der Waals surface area contributed by atoms with Gasteiger partial charge in [-0.05, 0) is 36.6 Å². The average molecular weight is 472 g/mol. The molecule has 4 rings (SSSR count). The summed E-state index contributed by atoms with van der Waals surface area (Å²) in [4.78, 5) is 27.8. The van der Waals surface area contributed by atoms with Gasteiger partial charge in [0.1, 0.15) is 23.5 Å². The number of para-hydroxylation sites is 1. The summed E-state index contributed by atoms with van der Waals surface area (Å²) in [5.74, 6) is 1.88. The Bertz CT molecular complexity index is 1080. The number of fused-ring (bicyclic) bond motifs is 1. The predicted molar refractivity (Wildman–Crippen MR) is 131 cm³/mol. The van der Waals surface area contributed by atoms with Gasteiger partial charge in [-0.25, -0.2) is 9.98 Å². The lowest BCUT2D eigenvalue weighted by Crippen LogP contribution is -2.56. The van der Waals surface area contributed by atoms with Crippen LogP contribution in [0, 0.1) is 0 Å². The monoisotopic (exact) mass is 471 g/mol. The maximum Gasteiger partial charge on any atom is 0.246 e. The molecule has 168 valence electrons. The minimum Gasteiger partial charge on any atom is -0.350 e. The van der Waals surface area contributed by atoms with Gasteiger partial charge in [0, 0.05) is 31.4 Å². The van der Waals surface area contributed by atoms with Crippen LogP contribution in [-0.2, 0) is 4.79 Å². The Morgan fingerprint density at radius 1 is 1.25 bits per heavy atom. The first-order valence-corrected chi connectivity index (χ1v) is 11.5. The van der Waals surface area contributed by atoms with Crippen molar-refractivity contribution in [3.63, 3.8) is 0 Å². The highest BCUT2D eigenvalue weighted by Crippen LogP contribution is 2.38. The summed E-state index contributed by atoms with van der Waals surface area (Å²) in [6.45, 7) is 12.4. The SMILES string of the molecule is C=CC(=O)N1CCN(C2=NCN(c3ccccc3C(C)C)c3nc(Cl)c(Cl)cc32)[C@@H](C)C1. The second kappa shape index (κ2) is 9.12. The molecule has 0 bridgehead atoms. The van der Waals surface area contributed by atoms with Gasteiger partial charge >= 0.3 is 0 Å². The fourth-order valence-electron chi connectivity index (χ4n) is 4.38. The number of nitrogens with zero attached hydrogens (tertiary/aromatic N) is 5. The first-order valence-electron chi connectivity index (χ1n) is 10.8. The zero-order valence-electron chi connectivity index (χ0n) is 18.6. The van der Waals surface area contributed by atoms with E-state index in [1.54, 1.807) is 0 Å². The quantitative estimate of drug-likeness (QED) is 0.462. The van der Waals surface area contributed by atoms with E-state index in [0.29, 0.717) is 37.2 Å². The Morgan fingerprint density at radius 2 is 2.00 bits per heavy atom. The third-order valence-corrected chi connectivity index (χ3v) is 6.68. The Morgan fingerprint density at radius 3 is 2.69 bits per heavy atom. The summed E-state index contributed by atoms with van der Waals surface area (Å²) in [5, 5.41) is 0.665. The number of carbonyl (C=O) groups excluding carboxylic acids is 1. The van der Waals surface area contributed by atoms with Crippen molar-refractivity contribution in [1.82, 2.24) is 14.8 Å². The maximum atomic E-state index is 12.1. The lowest BCUT2D eigenvalue weighted by molar-refractivity contribution is -0.128. The molecule has 2 aliphatic rings. The Hall–Kier alpha value is -2.57. The molecule has 1 amide bonds. The summed E-state index contributed by atoms with van der Waals surface area (Å²) in [6, 6.07) is 10.2. The van der Waals surface area contributed by atoms with Gasteiger partial charge in [-0.2, -0.15) is 0 Å². The van der Waals surface area contributed by atoms with Crippen LogP contribution >= 0.6 is 23.2 Å². The highest BCUT2D eigenvalue weighted by Gasteiger charge is 2.34. The highest BCUT2D eigenvalue weighted by atomic mass is 35.5. The average Bonchev–Trinajstić information content (AvgIpc) is 2.79. The van der Waals surface area contributed by atoms with Crippen LogP contribution in [0.4, 0.5) is 11.5 Å². The van der Waals surface area contributed by atoms with Gasteiger partial charge in [0.2, 0.25) is 5.91 Å². The summed E-state index contributed by atoms with van der Waals surface area (Å²) >= 11 is 12.8. The molecule has 0 unspecified atom stereocenters. The normalized spacial score (nSPS) is 18.5. The largest absolute Gasteiger partial charge is 0.350 e. The first-order chi connectivity index (χ1) is 15.3. The van der Waals surface area contributed by atoms with Crippen molar-refractivity contribution in [2.24, 2.45) is 4.99 Å². The van der Waals surface area contributed by atoms with Crippen molar-refractivity contribution in [2.45, 2.75) is 32.7 Å². The summed E-state index contributed by atoms with van der Waals surface area (Å²) in [6.07, 6.45) is 1.37. The molecular weight excluding hydrogens is 445 g/mol. The zero-order chi connectivity index (χ0) is 23.0. The molecule has 0 saturated carbocycles. The molecule has 6 nitrogen and oxygen atoms in total. The number of pyridine rings is 1. The lowest BCUT2D eigenvalue weighted by Gasteiger charge is -2.43. The van der Waals surface area contributed by atoms with Crippen LogP contribution in [0.1, 0.15) is 37.8 Å². The Labute approximate surface area is 199 Å². The minimum atomic E-state index is -0.0459. The van der Waals surface area contributed by atoms with E-state index in [9.17, 15) is 4.79 Å². The summed E-state index contributed by atoms with van der Waals surface area (Å²) < 4.78 is 0. The van der Waals surface area contributed by atoms with Crippen molar-refractivity contribution in [1.29, 1.82) is 0 Å². The number of amides is 1. The van der Waals surface area contributed by atoms with E-state index in [1.807, 2.05) is 23.1 Å². The van der Waals surface area contributed by atoms with Crippen LogP contribution in [0.25, 0.3) is 0 Å². The zero-order valence-corrected chi connectivity index (χ0v) is 20.1. The van der Waals surface area contributed by atoms with E-state index < -0.39 is 0 Å². The molecule has 32 heavy (non-hydrogen) atoms. The number of piperazine rings is 1. The summed E-state index contributed by atoms with van der Waals surface area (Å²) in [5.41, 5.74) is 3.13. The topological polar surface area (TPSA) is 52.0 Å². The number of hydrogen-bond acceptors (Lipinski definition) is 5. The molecule has 8 heteroatoms. The lowest BCUT2D eigenvalue weighted by atomic mass is 10.00. The number of halogens is 2. The molecule has 0 N–H and O–H groups in total. The van der Waals surface area contributed by atoms with E-state index >= 15 is 0 Å². The van der Waals surface area contributed by atoms with E-state index in [1.165, 1.54) is 11.6 Å². The van der Waals surface area contributed by atoms with E-state index in [2.05, 4.69) is 54.3 Å². The highest BCUT2D eigenvalue weighted by molar-refractivity contribution is 6.41. The van der Waals surface area contributed by atoms with Crippen molar-refractivity contribution in [2.75, 3.05) is 31.2 Å². The Balaban J connectivity index is 1.74. The third kappa shape index (κ3) is 4.09. The van der Waals surface area contributed by atoms with Crippen molar-refractivity contribution in [3.05, 3.63) is 64.3 Å². The second-order valence-electron chi connectivity index (χ2n) is 8.43. The van der Waals surface area contributed by atoms with Crippen molar-refractivity contribution < 1.29 is 4.79 Å². The van der Waals surface area contributed by atoms with Crippen molar-refractivity contribution in [3.8, 4) is 0 Å². The number of aromatic nitrogens is 1. The summed E-state index contributed by atoms with van der Waals surface area (Å²) in [7, 11) is 0. The number of rotatable bonds is 3. The van der Waals surface area contributed by atoms with Gasteiger partial charge in [0.05, 0.1) is 10.6 Å². The fourth-order valence-corrected chi connectivity index (χ4v) is 4.66. The van der Waals surface area contributed by atoms with Crippen LogP contribution in [0.15, 0.2) is 48.0 Å². The van der Waals surface area contributed by atoms with E-state index in [0.717, 1.165) is 22.9 Å². The fraction of sp³-hybridized carbons (Fsp3) is 0.375. The molecule has 1 fully saturated rings. The Kier molecular flexibility index (Phi) is 6.45. The predicted octanol–water partition coefficient (Wildman–Crippen LogP) is 5.09. The third-order valence-electron chi connectivity index (χ3n) is 6.01. The van der Waals surface area contributed by atoms with Crippen LogP contribution < -0.4 is 4.90 Å². The molecule has 0 spiro atoms. The molecule has 1 atom stereocenters. The van der Waals surface area contributed by atoms with E-state index in [4.69, 9.17) is 28.2 Å². The standard InChI is InChI=1S/C24H27Cl2N5O/c1-5-21(32)29-10-11-30(16(4)13-29)23-18-12-19(25)22(26)28-24(18)31(14-27-23)20-9-7-6-8-17(20)15(2)3/h5-9,12,15-16H,1,10-11,13-14H2,2-4H3/t16-/m0/s1. The van der Waals surface area contributed by atoms with Gasteiger partial charge < -0.3 is 14.7 Å². The smallest absolute Gasteiger partial charge is 0.246 e. The van der Waals surface area contributed by atoms with Crippen molar-refractivity contribution >= 4 is 46.4 Å². The van der Waals surface area contributed by atoms with Gasteiger partial charge in [0.25, 0.3) is 0 Å². The van der Waals surface area contributed by atoms with Gasteiger partial charge in [-0.15, -0.1) is 0 Å². The molecule has 3 heterocycles. The van der Waals surface area contributed by atoms with Gasteiger partial charge in [0.15, 0.2) is 0 Å². The molecule has 0 radical (unpaired) electrons. The number of benzene rings is 1. The number of aliphatic imine (C=N–C) groups is 1. The first kappa shape index (κ1) is 22.6. The molecule has 1 saturated heterocycles. The van der Waals surface area contributed by atoms with Crippen LogP contribution in [-0.4, -0.2) is 58.9 Å². The van der Waals surface area contributed by atoms with Gasteiger partial charge in [-0.3, -0.25) is 4.79 Å². The van der Waals surface area contributed by atoms with Gasteiger partial charge in [-0.1, -0.05) is 61.8 Å². The second-order valence-corrected chi connectivity index (χ2v) is 9.19. The molecule has 1 aromatic heterocycles. The van der Waals surface area contributed by atoms with Crippen LogP contribution in [0.3, 0.4) is 0 Å². The molecule has 2 aromatic rings. The van der Waals surface area contributed by atoms with E-state index in [-0.39, 0.29) is 17.1 Å². The molecular formula is C24H27Cl2N5O. The number of carbonyl (C=O) groups is 1. The molecule has 0 aliphatic carbocycles. The number of amidine groups is 1. The van der Waals surface area contributed by atoms with Crippen LogP contribution in [0.2, 0.25) is 10.2 Å². The van der Waals surface area contributed by atoms with Crippen LogP contribution in [0.5, 0.6) is 0 Å².